The third kappa shape index (κ3) is 3.00. The van der Waals surface area contributed by atoms with Crippen LogP contribution in [0.2, 0.25) is 0 Å². The standard InChI is InChI=1S/C15H18N2O4/c1-11-2-3-12-13(8-11)21-15(19)10-17(12)9-14(18)16-4-6-20-7-5-16/h2-3,8H,4-7,9-10H2,1H3. The molecule has 3 rings (SSSR count). The normalized spacial score (nSPS) is 18.2. The molecule has 0 saturated carbocycles. The average molecular weight is 290 g/mol. The number of esters is 1. The fraction of sp³-hybridized carbons (Fsp3) is 0.467. The summed E-state index contributed by atoms with van der Waals surface area (Å²) >= 11 is 0. The van der Waals surface area contributed by atoms with Crippen LogP contribution in [0.25, 0.3) is 0 Å². The van der Waals surface area contributed by atoms with E-state index in [9.17, 15) is 9.59 Å². The van der Waals surface area contributed by atoms with Gasteiger partial charge in [0.05, 0.1) is 25.4 Å². The molecule has 1 aromatic carbocycles. The summed E-state index contributed by atoms with van der Waals surface area (Å²) in [4.78, 5) is 27.6. The van der Waals surface area contributed by atoms with Crippen LogP contribution >= 0.6 is 0 Å². The van der Waals surface area contributed by atoms with E-state index in [4.69, 9.17) is 9.47 Å². The topological polar surface area (TPSA) is 59.1 Å². The zero-order chi connectivity index (χ0) is 14.8. The molecule has 6 nitrogen and oxygen atoms in total. The van der Waals surface area contributed by atoms with Crippen molar-refractivity contribution in [3.8, 4) is 5.75 Å². The number of ether oxygens (including phenoxy) is 2. The predicted octanol–water partition coefficient (Wildman–Crippen LogP) is 0.579. The first-order valence-corrected chi connectivity index (χ1v) is 7.05. The average Bonchev–Trinajstić information content (AvgIpc) is 2.47. The van der Waals surface area contributed by atoms with Gasteiger partial charge in [-0.15, -0.1) is 0 Å². The van der Waals surface area contributed by atoms with Crippen molar-refractivity contribution in [3.63, 3.8) is 0 Å². The van der Waals surface area contributed by atoms with Gasteiger partial charge in [0.15, 0.2) is 5.75 Å². The minimum atomic E-state index is -0.331. The molecule has 0 atom stereocenters. The summed E-state index contributed by atoms with van der Waals surface area (Å²) < 4.78 is 10.5. The second-order valence-corrected chi connectivity index (χ2v) is 5.29. The van der Waals surface area contributed by atoms with E-state index in [2.05, 4.69) is 0 Å². The summed E-state index contributed by atoms with van der Waals surface area (Å²) in [6, 6.07) is 5.66. The molecule has 2 aliphatic heterocycles. The molecule has 0 aliphatic carbocycles. The quantitative estimate of drug-likeness (QED) is 0.589. The Bertz CT molecular complexity index is 567. The molecule has 0 N–H and O–H groups in total. The molecule has 112 valence electrons. The lowest BCUT2D eigenvalue weighted by molar-refractivity contribution is -0.134. The molecule has 0 radical (unpaired) electrons. The van der Waals surface area contributed by atoms with Crippen molar-refractivity contribution < 1.29 is 19.1 Å². The summed E-state index contributed by atoms with van der Waals surface area (Å²) in [6.07, 6.45) is 0. The van der Waals surface area contributed by atoms with Crippen LogP contribution < -0.4 is 9.64 Å². The molecule has 21 heavy (non-hydrogen) atoms. The third-order valence-electron chi connectivity index (χ3n) is 3.69. The van der Waals surface area contributed by atoms with Crippen LogP contribution in [-0.2, 0) is 14.3 Å². The molecule has 0 aromatic heterocycles. The fourth-order valence-electron chi connectivity index (χ4n) is 2.58. The Morgan fingerprint density at radius 1 is 1.29 bits per heavy atom. The molecule has 0 spiro atoms. The van der Waals surface area contributed by atoms with Crippen molar-refractivity contribution in [1.29, 1.82) is 0 Å². The molecule has 1 aromatic rings. The number of aryl methyl sites for hydroxylation is 1. The molecule has 2 heterocycles. The van der Waals surface area contributed by atoms with Gasteiger partial charge < -0.3 is 19.3 Å². The molecular weight excluding hydrogens is 272 g/mol. The Morgan fingerprint density at radius 3 is 2.81 bits per heavy atom. The number of hydrogen-bond donors (Lipinski definition) is 0. The number of fused-ring (bicyclic) bond motifs is 1. The highest BCUT2D eigenvalue weighted by Gasteiger charge is 2.27. The summed E-state index contributed by atoms with van der Waals surface area (Å²) in [7, 11) is 0. The van der Waals surface area contributed by atoms with Gasteiger partial charge in [-0.3, -0.25) is 4.79 Å². The summed E-state index contributed by atoms with van der Waals surface area (Å²) in [5.74, 6) is 0.212. The Balaban J connectivity index is 1.76. The van der Waals surface area contributed by atoms with Gasteiger partial charge in [0.25, 0.3) is 0 Å². The van der Waals surface area contributed by atoms with Gasteiger partial charge in [-0.2, -0.15) is 0 Å². The lowest BCUT2D eigenvalue weighted by Crippen LogP contribution is -2.48. The van der Waals surface area contributed by atoms with Crippen molar-refractivity contribution in [3.05, 3.63) is 23.8 Å². The van der Waals surface area contributed by atoms with Gasteiger partial charge in [0, 0.05) is 13.1 Å². The number of hydrogen-bond acceptors (Lipinski definition) is 5. The fourth-order valence-corrected chi connectivity index (χ4v) is 2.58. The first kappa shape index (κ1) is 13.9. The Morgan fingerprint density at radius 2 is 2.05 bits per heavy atom. The number of rotatable bonds is 2. The molecule has 1 amide bonds. The maximum Gasteiger partial charge on any atom is 0.331 e. The number of amides is 1. The Labute approximate surface area is 123 Å². The molecule has 0 unspecified atom stereocenters. The zero-order valence-electron chi connectivity index (χ0n) is 12.0. The van der Waals surface area contributed by atoms with Gasteiger partial charge in [-0.1, -0.05) is 6.07 Å². The van der Waals surface area contributed by atoms with Gasteiger partial charge in [-0.25, -0.2) is 4.79 Å². The van der Waals surface area contributed by atoms with E-state index in [0.29, 0.717) is 32.1 Å². The van der Waals surface area contributed by atoms with Crippen molar-refractivity contribution in [2.45, 2.75) is 6.92 Å². The minimum Gasteiger partial charge on any atom is -0.423 e. The second kappa shape index (κ2) is 5.73. The number of morpholine rings is 1. The highest BCUT2D eigenvalue weighted by atomic mass is 16.5. The number of anilines is 1. The SMILES string of the molecule is Cc1ccc2c(c1)OC(=O)CN2CC(=O)N1CCOCC1. The van der Waals surface area contributed by atoms with Crippen molar-refractivity contribution in [2.75, 3.05) is 44.3 Å². The first-order valence-electron chi connectivity index (χ1n) is 7.05. The highest BCUT2D eigenvalue weighted by molar-refractivity contribution is 5.89. The maximum atomic E-state index is 12.3. The maximum absolute atomic E-state index is 12.3. The van der Waals surface area contributed by atoms with E-state index in [1.54, 1.807) is 9.80 Å². The summed E-state index contributed by atoms with van der Waals surface area (Å²) in [5, 5.41) is 0. The molecule has 1 fully saturated rings. The largest absolute Gasteiger partial charge is 0.423 e. The molecular formula is C15H18N2O4. The van der Waals surface area contributed by atoms with E-state index in [0.717, 1.165) is 11.3 Å². The summed E-state index contributed by atoms with van der Waals surface area (Å²) in [6.45, 7) is 4.59. The number of benzene rings is 1. The Kier molecular flexibility index (Phi) is 3.79. The minimum absolute atomic E-state index is 0.0134. The predicted molar refractivity (Wildman–Crippen MR) is 76.4 cm³/mol. The van der Waals surface area contributed by atoms with Gasteiger partial charge in [-0.05, 0) is 24.6 Å². The van der Waals surface area contributed by atoms with Crippen LogP contribution in [0, 0.1) is 6.92 Å². The van der Waals surface area contributed by atoms with E-state index < -0.39 is 0 Å². The van der Waals surface area contributed by atoms with Crippen LogP contribution in [-0.4, -0.2) is 56.2 Å². The van der Waals surface area contributed by atoms with Crippen molar-refractivity contribution in [1.82, 2.24) is 4.90 Å². The lowest BCUT2D eigenvalue weighted by Gasteiger charge is -2.33. The number of carbonyl (C=O) groups excluding carboxylic acids is 2. The van der Waals surface area contributed by atoms with Gasteiger partial charge in [0.2, 0.25) is 5.91 Å². The molecule has 1 saturated heterocycles. The first-order chi connectivity index (χ1) is 10.1. The van der Waals surface area contributed by atoms with E-state index in [1.165, 1.54) is 0 Å². The molecule has 2 aliphatic rings. The third-order valence-corrected chi connectivity index (χ3v) is 3.69. The number of carbonyl (C=O) groups is 2. The van der Waals surface area contributed by atoms with Crippen LogP contribution in [0.15, 0.2) is 18.2 Å². The van der Waals surface area contributed by atoms with Crippen molar-refractivity contribution in [2.24, 2.45) is 0 Å². The number of nitrogens with zero attached hydrogens (tertiary/aromatic N) is 2. The van der Waals surface area contributed by atoms with Crippen molar-refractivity contribution >= 4 is 17.6 Å². The zero-order valence-corrected chi connectivity index (χ0v) is 12.0. The van der Waals surface area contributed by atoms with Gasteiger partial charge in [0.1, 0.15) is 6.54 Å². The van der Waals surface area contributed by atoms with Crippen LogP contribution in [0.1, 0.15) is 5.56 Å². The van der Waals surface area contributed by atoms with E-state index in [1.807, 2.05) is 25.1 Å². The summed E-state index contributed by atoms with van der Waals surface area (Å²) in [5.41, 5.74) is 1.81. The Hall–Kier alpha value is -2.08. The van der Waals surface area contributed by atoms with E-state index in [-0.39, 0.29) is 25.0 Å². The van der Waals surface area contributed by atoms with Crippen LogP contribution in [0.3, 0.4) is 0 Å². The molecule has 0 bridgehead atoms. The lowest BCUT2D eigenvalue weighted by atomic mass is 10.1. The van der Waals surface area contributed by atoms with E-state index >= 15 is 0 Å². The van der Waals surface area contributed by atoms with Gasteiger partial charge >= 0.3 is 5.97 Å². The monoisotopic (exact) mass is 290 g/mol. The smallest absolute Gasteiger partial charge is 0.331 e. The highest BCUT2D eigenvalue weighted by Crippen LogP contribution is 2.32. The van der Waals surface area contributed by atoms with Crippen LogP contribution in [0.4, 0.5) is 5.69 Å². The molecule has 6 heteroatoms. The van der Waals surface area contributed by atoms with Crippen LogP contribution in [0.5, 0.6) is 5.75 Å². The second-order valence-electron chi connectivity index (χ2n) is 5.29.